The molecule has 4 heteroatoms. The number of ether oxygens (including phenoxy) is 1. The minimum absolute atomic E-state index is 0.00749. The molecule has 0 spiro atoms. The Morgan fingerprint density at radius 1 is 1.11 bits per heavy atom. The summed E-state index contributed by atoms with van der Waals surface area (Å²) in [6.07, 6.45) is 5.36. The smallest absolute Gasteiger partial charge is 0.315 e. The molecule has 0 saturated heterocycles. The van der Waals surface area contributed by atoms with Crippen LogP contribution in [0.1, 0.15) is 70.8 Å². The molecule has 1 unspecified atom stereocenters. The minimum atomic E-state index is -0.521. The van der Waals surface area contributed by atoms with Gasteiger partial charge in [-0.1, -0.05) is 44.2 Å². The van der Waals surface area contributed by atoms with Crippen molar-refractivity contribution in [2.24, 2.45) is 16.3 Å². The van der Waals surface area contributed by atoms with E-state index in [1.165, 1.54) is 0 Å². The Labute approximate surface area is 167 Å². The van der Waals surface area contributed by atoms with E-state index in [1.54, 1.807) is 0 Å². The van der Waals surface area contributed by atoms with Crippen molar-refractivity contribution in [1.29, 1.82) is 0 Å². The number of carbonyl (C=O) groups excluding carboxylic acids is 2. The number of hydrogen-bond acceptors (Lipinski definition) is 4. The zero-order chi connectivity index (χ0) is 19.9. The SMILES string of the molecule is CC1=NC2=C(C(=O)CC(C)(C)C2)[C@H](c2ccccc2)C1C(=O)OC1CCCC1. The zero-order valence-electron chi connectivity index (χ0n) is 17.0. The molecule has 1 aromatic carbocycles. The van der Waals surface area contributed by atoms with E-state index in [2.05, 4.69) is 13.8 Å². The number of allylic oxidation sites excluding steroid dienone is 2. The Balaban J connectivity index is 1.76. The van der Waals surface area contributed by atoms with Gasteiger partial charge in [-0.25, -0.2) is 0 Å². The molecule has 1 heterocycles. The third-order valence-corrected chi connectivity index (χ3v) is 6.30. The van der Waals surface area contributed by atoms with Crippen LogP contribution < -0.4 is 0 Å². The molecule has 0 aromatic heterocycles. The van der Waals surface area contributed by atoms with Crippen LogP contribution >= 0.6 is 0 Å². The fourth-order valence-corrected chi connectivity index (χ4v) is 5.01. The van der Waals surface area contributed by atoms with Crippen molar-refractivity contribution in [3.8, 4) is 0 Å². The van der Waals surface area contributed by atoms with E-state index in [-0.39, 0.29) is 29.2 Å². The Kier molecular flexibility index (Phi) is 4.98. The molecule has 0 N–H and O–H groups in total. The lowest BCUT2D eigenvalue weighted by Gasteiger charge is -2.39. The third-order valence-electron chi connectivity index (χ3n) is 6.30. The van der Waals surface area contributed by atoms with E-state index >= 15 is 0 Å². The van der Waals surface area contributed by atoms with Crippen LogP contribution in [0.5, 0.6) is 0 Å². The van der Waals surface area contributed by atoms with Gasteiger partial charge in [0, 0.05) is 29.3 Å². The van der Waals surface area contributed by atoms with Gasteiger partial charge >= 0.3 is 5.97 Å². The monoisotopic (exact) mass is 379 g/mol. The highest BCUT2D eigenvalue weighted by atomic mass is 16.5. The Bertz CT molecular complexity index is 844. The predicted molar refractivity (Wildman–Crippen MR) is 109 cm³/mol. The molecule has 4 rings (SSSR count). The van der Waals surface area contributed by atoms with Crippen LogP contribution in [0.25, 0.3) is 0 Å². The first kappa shape index (κ1) is 19.1. The molecule has 28 heavy (non-hydrogen) atoms. The van der Waals surface area contributed by atoms with E-state index in [1.807, 2.05) is 37.3 Å². The van der Waals surface area contributed by atoms with E-state index in [0.717, 1.165) is 54.6 Å². The van der Waals surface area contributed by atoms with Gasteiger partial charge in [-0.2, -0.15) is 0 Å². The van der Waals surface area contributed by atoms with E-state index in [0.29, 0.717) is 6.42 Å². The first-order valence-corrected chi connectivity index (χ1v) is 10.4. The average Bonchev–Trinajstić information content (AvgIpc) is 3.13. The average molecular weight is 380 g/mol. The predicted octanol–water partition coefficient (Wildman–Crippen LogP) is 4.99. The summed E-state index contributed by atoms with van der Waals surface area (Å²) in [4.78, 5) is 31.2. The summed E-state index contributed by atoms with van der Waals surface area (Å²) in [5, 5.41) is 0. The van der Waals surface area contributed by atoms with Crippen molar-refractivity contribution < 1.29 is 14.3 Å². The summed E-state index contributed by atoms with van der Waals surface area (Å²) in [5.41, 5.74) is 3.24. The maximum Gasteiger partial charge on any atom is 0.315 e. The molecule has 0 amide bonds. The fraction of sp³-hybridized carbons (Fsp3) is 0.542. The number of carbonyl (C=O) groups is 2. The molecule has 2 atom stereocenters. The molecule has 4 nitrogen and oxygen atoms in total. The normalized spacial score (nSPS) is 27.4. The van der Waals surface area contributed by atoms with Gasteiger partial charge in [0.15, 0.2) is 5.78 Å². The molecule has 0 bridgehead atoms. The van der Waals surface area contributed by atoms with Crippen molar-refractivity contribution in [3.05, 3.63) is 47.2 Å². The van der Waals surface area contributed by atoms with Gasteiger partial charge in [0.2, 0.25) is 0 Å². The summed E-state index contributed by atoms with van der Waals surface area (Å²) >= 11 is 0. The van der Waals surface area contributed by atoms with Crippen LogP contribution in [0.4, 0.5) is 0 Å². The summed E-state index contributed by atoms with van der Waals surface area (Å²) in [6, 6.07) is 9.91. The second kappa shape index (κ2) is 7.31. The summed E-state index contributed by atoms with van der Waals surface area (Å²) in [6.45, 7) is 6.13. The van der Waals surface area contributed by atoms with Gasteiger partial charge in [0.25, 0.3) is 0 Å². The summed E-state index contributed by atoms with van der Waals surface area (Å²) < 4.78 is 5.88. The lowest BCUT2D eigenvalue weighted by molar-refractivity contribution is -0.151. The highest BCUT2D eigenvalue weighted by Crippen LogP contribution is 2.48. The second-order valence-corrected chi connectivity index (χ2v) is 9.26. The van der Waals surface area contributed by atoms with Crippen LogP contribution in [0.2, 0.25) is 0 Å². The van der Waals surface area contributed by atoms with Crippen molar-refractivity contribution >= 4 is 17.5 Å². The van der Waals surface area contributed by atoms with Crippen LogP contribution in [-0.2, 0) is 14.3 Å². The molecule has 1 aliphatic heterocycles. The first-order chi connectivity index (χ1) is 13.4. The standard InChI is InChI=1S/C24H29NO3/c1-15-20(23(27)28-17-11-7-8-12-17)21(16-9-5-4-6-10-16)22-18(25-15)13-24(2,3)14-19(22)26/h4-6,9-10,17,20-21H,7-8,11-14H2,1-3H3/t20?,21-/m1/s1. The number of rotatable bonds is 3. The molecule has 1 saturated carbocycles. The highest BCUT2D eigenvalue weighted by molar-refractivity contribution is 6.09. The largest absolute Gasteiger partial charge is 0.462 e. The number of ketones is 1. The van der Waals surface area contributed by atoms with Crippen molar-refractivity contribution in [2.45, 2.75) is 71.3 Å². The molecule has 2 aliphatic carbocycles. The number of Topliss-reactive ketones (excluding diaryl/α,β-unsaturated/α-hetero) is 1. The molecule has 148 valence electrons. The number of aliphatic imine (C=N–C) groups is 1. The van der Waals surface area contributed by atoms with E-state index in [4.69, 9.17) is 9.73 Å². The van der Waals surface area contributed by atoms with Gasteiger partial charge in [-0.3, -0.25) is 14.6 Å². The van der Waals surface area contributed by atoms with Crippen molar-refractivity contribution in [3.63, 3.8) is 0 Å². The topological polar surface area (TPSA) is 55.7 Å². The highest BCUT2D eigenvalue weighted by Gasteiger charge is 2.46. The Morgan fingerprint density at radius 3 is 2.46 bits per heavy atom. The zero-order valence-corrected chi connectivity index (χ0v) is 17.0. The molecule has 1 aromatic rings. The molecular weight excluding hydrogens is 350 g/mol. The molecule has 0 radical (unpaired) electrons. The van der Waals surface area contributed by atoms with E-state index < -0.39 is 5.92 Å². The van der Waals surface area contributed by atoms with Crippen LogP contribution in [-0.4, -0.2) is 23.6 Å². The Morgan fingerprint density at radius 2 is 1.79 bits per heavy atom. The molecule has 1 fully saturated rings. The third kappa shape index (κ3) is 3.57. The van der Waals surface area contributed by atoms with E-state index in [9.17, 15) is 9.59 Å². The molecule has 3 aliphatic rings. The molecular formula is C24H29NO3. The first-order valence-electron chi connectivity index (χ1n) is 10.4. The van der Waals surface area contributed by atoms with Gasteiger partial charge in [0.1, 0.15) is 12.0 Å². The summed E-state index contributed by atoms with van der Waals surface area (Å²) in [7, 11) is 0. The number of hydrogen-bond donors (Lipinski definition) is 0. The van der Waals surface area contributed by atoms with Crippen LogP contribution in [0.15, 0.2) is 46.6 Å². The van der Waals surface area contributed by atoms with Gasteiger partial charge in [-0.15, -0.1) is 0 Å². The fourth-order valence-electron chi connectivity index (χ4n) is 5.01. The van der Waals surface area contributed by atoms with Crippen LogP contribution in [0, 0.1) is 11.3 Å². The lowest BCUT2D eigenvalue weighted by atomic mass is 9.67. The van der Waals surface area contributed by atoms with Crippen LogP contribution in [0.3, 0.4) is 0 Å². The maximum absolute atomic E-state index is 13.2. The van der Waals surface area contributed by atoms with Gasteiger partial charge in [-0.05, 0) is 50.0 Å². The number of esters is 1. The second-order valence-electron chi connectivity index (χ2n) is 9.26. The van der Waals surface area contributed by atoms with Crippen molar-refractivity contribution in [1.82, 2.24) is 0 Å². The minimum Gasteiger partial charge on any atom is -0.462 e. The van der Waals surface area contributed by atoms with Gasteiger partial charge in [0.05, 0.1) is 0 Å². The lowest BCUT2D eigenvalue weighted by Crippen LogP contribution is -2.40. The van der Waals surface area contributed by atoms with Gasteiger partial charge < -0.3 is 4.74 Å². The Hall–Kier alpha value is -2.23. The maximum atomic E-state index is 13.2. The number of benzene rings is 1. The number of nitrogens with zero attached hydrogens (tertiary/aromatic N) is 1. The van der Waals surface area contributed by atoms with Crippen molar-refractivity contribution in [2.75, 3.05) is 0 Å². The quantitative estimate of drug-likeness (QED) is 0.695. The summed E-state index contributed by atoms with van der Waals surface area (Å²) in [5.74, 6) is -0.931.